The Balaban J connectivity index is 1.46. The molecule has 1 aromatic carbocycles. The third kappa shape index (κ3) is 5.42. The van der Waals surface area contributed by atoms with Crippen LogP contribution >= 0.6 is 0 Å². The van der Waals surface area contributed by atoms with Gasteiger partial charge in [-0.25, -0.2) is 13.9 Å². The molecular formula is C24H26F3N9O. The van der Waals surface area contributed by atoms with Crippen molar-refractivity contribution in [3.63, 3.8) is 0 Å². The summed E-state index contributed by atoms with van der Waals surface area (Å²) in [5.41, 5.74) is 1.05. The lowest BCUT2D eigenvalue weighted by Gasteiger charge is -2.31. The number of hydrogen-bond donors (Lipinski definition) is 3. The number of H-pyrrole nitrogens is 1. The van der Waals surface area contributed by atoms with E-state index in [9.17, 15) is 9.18 Å². The van der Waals surface area contributed by atoms with Crippen molar-refractivity contribution in [2.45, 2.75) is 12.8 Å². The Kier molecular flexibility index (Phi) is 6.56. The smallest absolute Gasteiger partial charge is 0.324 e. The van der Waals surface area contributed by atoms with Gasteiger partial charge in [0.15, 0.2) is 11.6 Å². The monoisotopic (exact) mass is 513 g/mol. The van der Waals surface area contributed by atoms with Crippen LogP contribution in [0.3, 0.4) is 0 Å². The molecule has 0 spiro atoms. The van der Waals surface area contributed by atoms with E-state index in [-0.39, 0.29) is 18.3 Å². The normalized spacial score (nSPS) is 15.3. The number of benzene rings is 1. The standard InChI is InChI=1S/C24H26F3N9O/c1-15-11-20(32-31-15)29-22-19-12-18(28-21(37)14-35-9-7-34(2)8-10-35)13-36(19)33-23(30-22)24(26,27)16-3-5-17(25)6-4-16/h3-6,11-13H,7-10,14H2,1-2H3,(H,28,37)(H2,29,30,31,32,33). The maximum absolute atomic E-state index is 15.4. The highest BCUT2D eigenvalue weighted by atomic mass is 19.3. The molecule has 1 amide bonds. The van der Waals surface area contributed by atoms with Gasteiger partial charge in [0.2, 0.25) is 11.7 Å². The summed E-state index contributed by atoms with van der Waals surface area (Å²) in [4.78, 5) is 21.0. The van der Waals surface area contributed by atoms with Gasteiger partial charge in [-0.1, -0.05) is 0 Å². The number of piperazine rings is 1. The summed E-state index contributed by atoms with van der Waals surface area (Å²) in [6.45, 7) is 5.35. The van der Waals surface area contributed by atoms with Crippen LogP contribution in [0.4, 0.5) is 30.5 Å². The first-order chi connectivity index (χ1) is 17.7. The molecule has 0 saturated carbocycles. The summed E-state index contributed by atoms with van der Waals surface area (Å²) in [7, 11) is 2.04. The first kappa shape index (κ1) is 24.7. The molecule has 1 aliphatic rings. The van der Waals surface area contributed by atoms with Crippen molar-refractivity contribution in [1.82, 2.24) is 34.6 Å². The van der Waals surface area contributed by atoms with Crippen LogP contribution in [0, 0.1) is 12.7 Å². The fourth-order valence-corrected chi connectivity index (χ4v) is 4.09. The van der Waals surface area contributed by atoms with Gasteiger partial charge in [-0.05, 0) is 44.3 Å². The van der Waals surface area contributed by atoms with Crippen LogP contribution in [0.25, 0.3) is 5.52 Å². The van der Waals surface area contributed by atoms with Gasteiger partial charge in [0.1, 0.15) is 11.3 Å². The first-order valence-electron chi connectivity index (χ1n) is 11.7. The fraction of sp³-hybridized carbons (Fsp3) is 0.333. The quantitative estimate of drug-likeness (QED) is 0.349. The average Bonchev–Trinajstić information content (AvgIpc) is 3.46. The molecule has 37 heavy (non-hydrogen) atoms. The fourth-order valence-electron chi connectivity index (χ4n) is 4.09. The van der Waals surface area contributed by atoms with Crippen LogP contribution in [0.1, 0.15) is 17.1 Å². The van der Waals surface area contributed by atoms with Crippen molar-refractivity contribution in [2.24, 2.45) is 0 Å². The molecule has 0 radical (unpaired) electrons. The van der Waals surface area contributed by atoms with Crippen LogP contribution in [0.5, 0.6) is 0 Å². The van der Waals surface area contributed by atoms with E-state index in [1.54, 1.807) is 19.1 Å². The molecule has 1 saturated heterocycles. The van der Waals surface area contributed by atoms with Gasteiger partial charge < -0.3 is 15.5 Å². The minimum absolute atomic E-state index is 0.0675. The van der Waals surface area contributed by atoms with Crippen molar-refractivity contribution in [3.8, 4) is 0 Å². The molecule has 0 atom stereocenters. The summed E-state index contributed by atoms with van der Waals surface area (Å²) >= 11 is 0. The number of halogens is 3. The Bertz CT molecular complexity index is 1410. The summed E-state index contributed by atoms with van der Waals surface area (Å²) < 4.78 is 45.3. The van der Waals surface area contributed by atoms with E-state index in [4.69, 9.17) is 0 Å². The van der Waals surface area contributed by atoms with Crippen LogP contribution in [-0.2, 0) is 10.7 Å². The van der Waals surface area contributed by atoms with Gasteiger partial charge in [0.05, 0.1) is 18.4 Å². The second-order valence-corrected chi connectivity index (χ2v) is 9.11. The number of alkyl halides is 2. The van der Waals surface area contributed by atoms with Crippen molar-refractivity contribution < 1.29 is 18.0 Å². The van der Waals surface area contributed by atoms with Gasteiger partial charge >= 0.3 is 5.92 Å². The van der Waals surface area contributed by atoms with Crippen LogP contribution in [-0.4, -0.2) is 80.3 Å². The SMILES string of the molecule is Cc1cc(Nc2nc(C(F)(F)c3ccc(F)cc3)nn3cc(NC(=O)CN4CCN(C)CC4)cc23)n[nH]1. The van der Waals surface area contributed by atoms with Crippen molar-refractivity contribution >= 4 is 28.7 Å². The number of rotatable bonds is 7. The maximum Gasteiger partial charge on any atom is 0.333 e. The molecule has 0 bridgehead atoms. The zero-order chi connectivity index (χ0) is 26.2. The number of aromatic amines is 1. The van der Waals surface area contributed by atoms with E-state index in [1.807, 2.05) is 7.05 Å². The molecule has 13 heteroatoms. The van der Waals surface area contributed by atoms with E-state index in [2.05, 4.69) is 40.7 Å². The van der Waals surface area contributed by atoms with Gasteiger partial charge in [-0.3, -0.25) is 14.8 Å². The van der Waals surface area contributed by atoms with E-state index >= 15 is 8.78 Å². The number of aryl methyl sites for hydroxylation is 1. The third-order valence-corrected chi connectivity index (χ3v) is 6.15. The number of amides is 1. The van der Waals surface area contributed by atoms with Crippen LogP contribution in [0.15, 0.2) is 42.6 Å². The van der Waals surface area contributed by atoms with E-state index in [1.165, 1.54) is 10.7 Å². The van der Waals surface area contributed by atoms with Gasteiger partial charge in [0, 0.05) is 43.5 Å². The number of nitrogens with zero attached hydrogens (tertiary/aromatic N) is 6. The second kappa shape index (κ2) is 9.82. The predicted octanol–water partition coefficient (Wildman–Crippen LogP) is 2.97. The van der Waals surface area contributed by atoms with E-state index in [0.29, 0.717) is 17.0 Å². The Hall–Kier alpha value is -3.97. The molecular weight excluding hydrogens is 487 g/mol. The zero-order valence-electron chi connectivity index (χ0n) is 20.3. The lowest BCUT2D eigenvalue weighted by molar-refractivity contribution is -0.117. The van der Waals surface area contributed by atoms with Crippen LogP contribution < -0.4 is 10.6 Å². The van der Waals surface area contributed by atoms with Gasteiger partial charge in [-0.2, -0.15) is 13.9 Å². The Labute approximate surface area is 210 Å². The minimum Gasteiger partial charge on any atom is -0.324 e. The highest BCUT2D eigenvalue weighted by molar-refractivity contribution is 5.93. The second-order valence-electron chi connectivity index (χ2n) is 9.11. The lowest BCUT2D eigenvalue weighted by atomic mass is 10.1. The highest BCUT2D eigenvalue weighted by Gasteiger charge is 2.39. The summed E-state index contributed by atoms with van der Waals surface area (Å²) in [6, 6.07) is 7.19. The molecule has 0 aliphatic carbocycles. The van der Waals surface area contributed by atoms with E-state index in [0.717, 1.165) is 56.1 Å². The lowest BCUT2D eigenvalue weighted by Crippen LogP contribution is -2.47. The molecule has 10 nitrogen and oxygen atoms in total. The first-order valence-corrected chi connectivity index (χ1v) is 11.7. The zero-order valence-corrected chi connectivity index (χ0v) is 20.3. The predicted molar refractivity (Wildman–Crippen MR) is 132 cm³/mol. The summed E-state index contributed by atoms with van der Waals surface area (Å²) in [6.07, 6.45) is 1.45. The number of fused-ring (bicyclic) bond motifs is 1. The highest BCUT2D eigenvalue weighted by Crippen LogP contribution is 2.35. The summed E-state index contributed by atoms with van der Waals surface area (Å²) in [5, 5.41) is 16.7. The molecule has 0 unspecified atom stereocenters. The largest absolute Gasteiger partial charge is 0.333 e. The topological polar surface area (TPSA) is 106 Å². The van der Waals surface area contributed by atoms with Crippen molar-refractivity contribution in [1.29, 1.82) is 0 Å². The molecule has 4 heterocycles. The Morgan fingerprint density at radius 1 is 1.14 bits per heavy atom. The number of aromatic nitrogens is 5. The number of carbonyl (C=O) groups is 1. The number of hydrogen-bond acceptors (Lipinski definition) is 7. The molecule has 3 N–H and O–H groups in total. The molecule has 1 fully saturated rings. The Morgan fingerprint density at radius 3 is 2.54 bits per heavy atom. The molecule has 4 aromatic rings. The van der Waals surface area contributed by atoms with Crippen LogP contribution in [0.2, 0.25) is 0 Å². The summed E-state index contributed by atoms with van der Waals surface area (Å²) in [5.74, 6) is -4.83. The molecule has 194 valence electrons. The number of nitrogens with one attached hydrogen (secondary N) is 3. The average molecular weight is 514 g/mol. The Morgan fingerprint density at radius 2 is 1.86 bits per heavy atom. The third-order valence-electron chi connectivity index (χ3n) is 6.15. The number of anilines is 3. The number of likely N-dealkylation sites (N-methyl/N-ethyl adjacent to an activating group) is 1. The van der Waals surface area contributed by atoms with Crippen molar-refractivity contribution in [3.05, 3.63) is 65.5 Å². The van der Waals surface area contributed by atoms with Gasteiger partial charge in [0.25, 0.3) is 0 Å². The molecule has 3 aromatic heterocycles. The van der Waals surface area contributed by atoms with E-state index < -0.39 is 23.1 Å². The molecule has 1 aliphatic heterocycles. The van der Waals surface area contributed by atoms with Crippen molar-refractivity contribution in [2.75, 3.05) is 50.4 Å². The van der Waals surface area contributed by atoms with Gasteiger partial charge in [-0.15, -0.1) is 5.10 Å². The maximum atomic E-state index is 15.4. The molecule has 5 rings (SSSR count). The number of carbonyl (C=O) groups excluding carboxylic acids is 1. The minimum atomic E-state index is -3.62.